The van der Waals surface area contributed by atoms with Gasteiger partial charge in [-0.2, -0.15) is 0 Å². The van der Waals surface area contributed by atoms with E-state index in [1.165, 1.54) is 29.3 Å². The standard InChI is InChI=1S/C35H34N4O2S/c1-22-17-19-23(20-18-22)27-21-38(2)34(26-14-9-10-16-29(26)36-31(34)40)35(27)32(41)39-30(24-11-5-3-6-12-24)25-13-7-4-8-15-28(25)37-33(39)42-35/h3,5-6,9-12,14,16-20,27,30H,4,7-8,13,15,21H2,1-2H3,(H,36,40). The molecule has 2 fully saturated rings. The second-order valence-corrected chi connectivity index (χ2v) is 13.5. The second-order valence-electron chi connectivity index (χ2n) is 12.3. The summed E-state index contributed by atoms with van der Waals surface area (Å²) in [5.41, 5.74) is 6.22. The number of likely N-dealkylation sites (tertiary alicyclic amines) is 1. The fourth-order valence-electron chi connectivity index (χ4n) is 8.23. The summed E-state index contributed by atoms with van der Waals surface area (Å²) in [4.78, 5) is 39.5. The first-order valence-corrected chi connectivity index (χ1v) is 15.9. The van der Waals surface area contributed by atoms with Gasteiger partial charge in [0.05, 0.1) is 6.04 Å². The molecule has 6 nitrogen and oxygen atoms in total. The highest BCUT2D eigenvalue weighted by Crippen LogP contribution is 2.67. The van der Waals surface area contributed by atoms with Crippen LogP contribution in [-0.2, 0) is 15.1 Å². The molecule has 212 valence electrons. The molecule has 1 aliphatic carbocycles. The lowest BCUT2D eigenvalue weighted by molar-refractivity contribution is -0.139. The Bertz CT molecular complexity index is 1680. The van der Waals surface area contributed by atoms with E-state index in [4.69, 9.17) is 4.99 Å². The molecule has 4 heterocycles. The van der Waals surface area contributed by atoms with Gasteiger partial charge in [0.1, 0.15) is 4.75 Å². The number of amidine groups is 1. The summed E-state index contributed by atoms with van der Waals surface area (Å²) in [6.45, 7) is 2.66. The molecule has 0 bridgehead atoms. The number of likely N-dealkylation sites (N-methyl/N-ethyl adjacent to an activating group) is 1. The third-order valence-electron chi connectivity index (χ3n) is 10.1. The van der Waals surface area contributed by atoms with Crippen LogP contribution in [0, 0.1) is 6.92 Å². The molecule has 1 N–H and O–H groups in total. The van der Waals surface area contributed by atoms with Gasteiger partial charge in [0.15, 0.2) is 10.7 Å². The molecule has 4 unspecified atom stereocenters. The van der Waals surface area contributed by atoms with Crippen molar-refractivity contribution in [3.05, 3.63) is 112 Å². The van der Waals surface area contributed by atoms with Gasteiger partial charge in [0.2, 0.25) is 5.91 Å². The van der Waals surface area contributed by atoms with E-state index in [0.717, 1.165) is 58.9 Å². The van der Waals surface area contributed by atoms with Crippen molar-refractivity contribution in [3.63, 3.8) is 0 Å². The Labute approximate surface area is 250 Å². The number of carbonyl (C=O) groups is 2. The zero-order valence-corrected chi connectivity index (χ0v) is 24.8. The van der Waals surface area contributed by atoms with Crippen LogP contribution in [0.4, 0.5) is 5.69 Å². The number of fused-ring (bicyclic) bond motifs is 4. The van der Waals surface area contributed by atoms with Gasteiger partial charge in [0.25, 0.3) is 5.91 Å². The molecule has 3 aromatic carbocycles. The van der Waals surface area contributed by atoms with E-state index in [1.54, 1.807) is 0 Å². The number of nitrogens with zero attached hydrogens (tertiary/aromatic N) is 3. The minimum Gasteiger partial charge on any atom is -0.324 e. The number of rotatable bonds is 2. The van der Waals surface area contributed by atoms with E-state index in [2.05, 4.69) is 65.7 Å². The van der Waals surface area contributed by atoms with Crippen LogP contribution >= 0.6 is 11.8 Å². The Hall–Kier alpha value is -3.68. The van der Waals surface area contributed by atoms with Gasteiger partial charge in [-0.15, -0.1) is 0 Å². The van der Waals surface area contributed by atoms with Crippen LogP contribution in [0.5, 0.6) is 0 Å². The molecule has 5 aliphatic rings. The smallest absolute Gasteiger partial charge is 0.251 e. The average Bonchev–Trinajstić information content (AvgIpc) is 3.47. The lowest BCUT2D eigenvalue weighted by Gasteiger charge is -2.42. The van der Waals surface area contributed by atoms with Crippen LogP contribution in [-0.4, -0.2) is 45.1 Å². The Balaban J connectivity index is 1.39. The van der Waals surface area contributed by atoms with Crippen molar-refractivity contribution in [3.8, 4) is 0 Å². The predicted octanol–water partition coefficient (Wildman–Crippen LogP) is 6.51. The Morgan fingerprint density at radius 1 is 0.881 bits per heavy atom. The average molecular weight is 575 g/mol. The van der Waals surface area contributed by atoms with Gasteiger partial charge in [-0.1, -0.05) is 96.5 Å². The quantitative estimate of drug-likeness (QED) is 0.379. The molecular weight excluding hydrogens is 540 g/mol. The van der Waals surface area contributed by atoms with Gasteiger partial charge in [-0.25, -0.2) is 4.99 Å². The molecule has 8 rings (SSSR count). The van der Waals surface area contributed by atoms with Crippen LogP contribution in [0.15, 0.2) is 95.1 Å². The number of allylic oxidation sites excluding steroid dienone is 1. The number of hydrogen-bond acceptors (Lipinski definition) is 5. The first-order chi connectivity index (χ1) is 20.5. The van der Waals surface area contributed by atoms with Crippen LogP contribution in [0.2, 0.25) is 0 Å². The van der Waals surface area contributed by atoms with E-state index in [0.29, 0.717) is 6.54 Å². The number of hydrogen-bond donors (Lipinski definition) is 1. The molecule has 4 atom stereocenters. The number of nitrogens with one attached hydrogen (secondary N) is 1. The first-order valence-electron chi connectivity index (χ1n) is 15.0. The van der Waals surface area contributed by atoms with Gasteiger partial charge in [0, 0.05) is 29.4 Å². The number of para-hydroxylation sites is 1. The summed E-state index contributed by atoms with van der Waals surface area (Å²) in [6, 6.07) is 26.6. The van der Waals surface area contributed by atoms with Gasteiger partial charge in [-0.05, 0) is 62.4 Å². The van der Waals surface area contributed by atoms with Crippen molar-refractivity contribution >= 4 is 34.4 Å². The number of aliphatic imine (C=N–C) groups is 1. The zero-order valence-electron chi connectivity index (χ0n) is 24.0. The van der Waals surface area contributed by atoms with E-state index in [1.807, 2.05) is 42.3 Å². The molecule has 2 spiro atoms. The second kappa shape index (κ2) is 9.41. The summed E-state index contributed by atoms with van der Waals surface area (Å²) < 4.78 is -1.13. The number of anilines is 1. The van der Waals surface area contributed by atoms with E-state index in [-0.39, 0.29) is 23.8 Å². The molecule has 2 saturated heterocycles. The lowest BCUT2D eigenvalue weighted by atomic mass is 9.71. The fourth-order valence-corrected chi connectivity index (χ4v) is 10.0. The third kappa shape index (κ3) is 3.29. The molecular formula is C35H34N4O2S. The molecule has 4 aliphatic heterocycles. The molecule has 0 saturated carbocycles. The van der Waals surface area contributed by atoms with Crippen LogP contribution in [0.3, 0.4) is 0 Å². The van der Waals surface area contributed by atoms with Crippen LogP contribution < -0.4 is 5.32 Å². The van der Waals surface area contributed by atoms with Gasteiger partial charge in [-0.3, -0.25) is 19.4 Å². The summed E-state index contributed by atoms with van der Waals surface area (Å²) in [7, 11) is 2.01. The number of carbonyl (C=O) groups excluding carboxylic acids is 2. The maximum atomic E-state index is 15.6. The SMILES string of the molecule is Cc1ccc(C2CN(C)C3(C(=O)Nc4ccccc43)C23SC2=NC4=C(CCCCC4)C(c4ccccc4)N2C3=O)cc1. The summed E-state index contributed by atoms with van der Waals surface area (Å²) in [5, 5.41) is 3.92. The first kappa shape index (κ1) is 26.0. The number of benzene rings is 3. The zero-order chi connectivity index (χ0) is 28.6. The molecule has 0 radical (unpaired) electrons. The van der Waals surface area contributed by atoms with Crippen molar-refractivity contribution in [1.82, 2.24) is 9.80 Å². The third-order valence-corrected chi connectivity index (χ3v) is 11.6. The predicted molar refractivity (Wildman–Crippen MR) is 167 cm³/mol. The minimum absolute atomic E-state index is 0.0160. The molecule has 42 heavy (non-hydrogen) atoms. The summed E-state index contributed by atoms with van der Waals surface area (Å²) >= 11 is 1.54. The van der Waals surface area contributed by atoms with Crippen LogP contribution in [0.25, 0.3) is 0 Å². The monoisotopic (exact) mass is 574 g/mol. The minimum atomic E-state index is -1.18. The summed E-state index contributed by atoms with van der Waals surface area (Å²) in [5.74, 6) is -0.368. The maximum absolute atomic E-state index is 15.6. The van der Waals surface area contributed by atoms with Gasteiger partial charge >= 0.3 is 0 Å². The largest absolute Gasteiger partial charge is 0.324 e. The Morgan fingerprint density at radius 2 is 1.62 bits per heavy atom. The van der Waals surface area contributed by atoms with Crippen molar-refractivity contribution < 1.29 is 9.59 Å². The molecule has 0 aromatic heterocycles. The fraction of sp³-hybridized carbons (Fsp3) is 0.343. The number of amides is 2. The Kier molecular flexibility index (Phi) is 5.82. The highest BCUT2D eigenvalue weighted by atomic mass is 32.2. The molecule has 3 aromatic rings. The highest BCUT2D eigenvalue weighted by molar-refractivity contribution is 8.16. The normalized spacial score (nSPS) is 30.3. The maximum Gasteiger partial charge on any atom is 0.251 e. The van der Waals surface area contributed by atoms with Crippen LogP contribution in [0.1, 0.15) is 66.3 Å². The van der Waals surface area contributed by atoms with E-state index < -0.39 is 10.3 Å². The molecule has 2 amide bonds. The van der Waals surface area contributed by atoms with Gasteiger partial charge < -0.3 is 5.32 Å². The van der Waals surface area contributed by atoms with Crippen molar-refractivity contribution in [2.75, 3.05) is 18.9 Å². The van der Waals surface area contributed by atoms with E-state index in [9.17, 15) is 4.79 Å². The lowest BCUT2D eigenvalue weighted by Crippen LogP contribution is -2.62. The van der Waals surface area contributed by atoms with Crippen molar-refractivity contribution in [2.24, 2.45) is 4.99 Å². The van der Waals surface area contributed by atoms with Crippen molar-refractivity contribution in [2.45, 2.75) is 61.3 Å². The van der Waals surface area contributed by atoms with E-state index >= 15 is 4.79 Å². The number of aryl methyl sites for hydroxylation is 1. The summed E-state index contributed by atoms with van der Waals surface area (Å²) in [6.07, 6.45) is 5.23. The van der Waals surface area contributed by atoms with Crippen molar-refractivity contribution in [1.29, 1.82) is 0 Å². The highest BCUT2D eigenvalue weighted by Gasteiger charge is 2.78. The molecule has 7 heteroatoms. The Morgan fingerprint density at radius 3 is 2.43 bits per heavy atom. The topological polar surface area (TPSA) is 65.0 Å². The number of thioether (sulfide) groups is 1.